The predicted molar refractivity (Wildman–Crippen MR) is 174 cm³/mol. The van der Waals surface area contributed by atoms with Gasteiger partial charge in [0.05, 0.1) is 47.0 Å². The largest absolute Gasteiger partial charge is 0.432 e. The van der Waals surface area contributed by atoms with Crippen molar-refractivity contribution in [1.29, 1.82) is 0 Å². The Bertz CT molecular complexity index is 1760. The van der Waals surface area contributed by atoms with Crippen LogP contribution in [0.25, 0.3) is 16.6 Å². The first-order chi connectivity index (χ1) is 21.2. The Labute approximate surface area is 258 Å². The summed E-state index contributed by atoms with van der Waals surface area (Å²) in [5, 5.41) is 22.6. The Hall–Kier alpha value is -3.83. The number of nitrogens with one attached hydrogen (secondary N) is 1. The van der Waals surface area contributed by atoms with Gasteiger partial charge in [0.1, 0.15) is 0 Å². The Morgan fingerprint density at radius 1 is 1.00 bits per heavy atom. The molecule has 10 heteroatoms. The number of aryl methyl sites for hydroxylation is 2. The van der Waals surface area contributed by atoms with Crippen molar-refractivity contribution in [3.05, 3.63) is 112 Å². The highest BCUT2D eigenvalue weighted by molar-refractivity contribution is 6.71. The summed E-state index contributed by atoms with van der Waals surface area (Å²) < 4.78 is 10.1. The van der Waals surface area contributed by atoms with Crippen LogP contribution in [0.5, 0.6) is 0 Å². The van der Waals surface area contributed by atoms with Crippen molar-refractivity contribution in [3.63, 3.8) is 0 Å². The van der Waals surface area contributed by atoms with Crippen LogP contribution in [0.2, 0.25) is 18.6 Å². The highest BCUT2D eigenvalue weighted by atomic mass is 28.4. The molecule has 44 heavy (non-hydrogen) atoms. The maximum Gasteiger partial charge on any atom is 0.279 e. The number of aromatic amines is 1. The smallest absolute Gasteiger partial charge is 0.279 e. The molecule has 3 N–H and O–H groups in total. The zero-order chi connectivity index (χ0) is 30.8. The number of hydrogen-bond acceptors (Lipinski definition) is 6. The molecule has 0 amide bonds. The number of hydrogen-bond donors (Lipinski definition) is 3. The molecule has 1 aliphatic rings. The van der Waals surface area contributed by atoms with Gasteiger partial charge in [0.25, 0.3) is 5.56 Å². The van der Waals surface area contributed by atoms with Gasteiger partial charge in [-0.1, -0.05) is 66.7 Å². The number of nitrogens with zero attached hydrogens (tertiary/aromatic N) is 4. The molecule has 0 spiro atoms. The van der Waals surface area contributed by atoms with Gasteiger partial charge in [-0.25, -0.2) is 4.68 Å². The van der Waals surface area contributed by atoms with Crippen molar-refractivity contribution in [2.24, 2.45) is 5.92 Å². The second kappa shape index (κ2) is 12.6. The predicted octanol–water partition coefficient (Wildman–Crippen LogP) is 5.03. The molecule has 1 unspecified atom stereocenters. The molecule has 3 aromatic carbocycles. The number of aromatic nitrogens is 5. The van der Waals surface area contributed by atoms with Gasteiger partial charge < -0.3 is 14.6 Å². The molecule has 5 atom stereocenters. The van der Waals surface area contributed by atoms with Crippen molar-refractivity contribution >= 4 is 19.2 Å². The third-order valence-corrected chi connectivity index (χ3v) is 11.7. The first-order valence-electron chi connectivity index (χ1n) is 15.5. The van der Waals surface area contributed by atoms with Gasteiger partial charge in [0.2, 0.25) is 0 Å². The third-order valence-electron chi connectivity index (χ3n) is 9.14. The van der Waals surface area contributed by atoms with Crippen molar-refractivity contribution in [2.75, 3.05) is 6.61 Å². The van der Waals surface area contributed by atoms with Crippen LogP contribution in [0.1, 0.15) is 42.5 Å². The molecule has 0 aliphatic carbocycles. The number of H-pyrrole nitrogens is 1. The lowest BCUT2D eigenvalue weighted by atomic mass is 9.95. The molecule has 0 saturated carbocycles. The van der Waals surface area contributed by atoms with E-state index in [4.69, 9.17) is 4.74 Å². The number of para-hydroxylation sites is 1. The van der Waals surface area contributed by atoms with Crippen LogP contribution in [0, 0.1) is 5.92 Å². The van der Waals surface area contributed by atoms with Gasteiger partial charge in [-0.2, -0.15) is 0 Å². The highest BCUT2D eigenvalue weighted by Crippen LogP contribution is 2.45. The van der Waals surface area contributed by atoms with Gasteiger partial charge in [0.15, 0.2) is 8.32 Å². The lowest BCUT2D eigenvalue weighted by Crippen LogP contribution is -2.40. The van der Waals surface area contributed by atoms with Crippen molar-refractivity contribution in [1.82, 2.24) is 24.8 Å². The molecule has 230 valence electrons. The van der Waals surface area contributed by atoms with E-state index in [0.29, 0.717) is 11.9 Å². The van der Waals surface area contributed by atoms with Crippen molar-refractivity contribution in [3.8, 4) is 5.69 Å². The van der Waals surface area contributed by atoms with Crippen LogP contribution in [0.3, 0.4) is 0 Å². The zero-order valence-corrected chi connectivity index (χ0v) is 26.5. The maximum absolute atomic E-state index is 13.0. The lowest BCUT2D eigenvalue weighted by Gasteiger charge is -2.30. The summed E-state index contributed by atoms with van der Waals surface area (Å²) in [7, 11) is -2.52. The maximum atomic E-state index is 13.0. The summed E-state index contributed by atoms with van der Waals surface area (Å²) >= 11 is 0. The van der Waals surface area contributed by atoms with Crippen LogP contribution in [0.4, 0.5) is 0 Å². The van der Waals surface area contributed by atoms with Crippen LogP contribution in [-0.4, -0.2) is 61.8 Å². The molecule has 5 aromatic rings. The minimum absolute atomic E-state index is 0.0199. The molecule has 0 radical (unpaired) electrons. The molecule has 9 nitrogen and oxygen atoms in total. The molecule has 3 heterocycles. The fourth-order valence-corrected chi connectivity index (χ4v) is 9.63. The molecular weight excluding hydrogens is 570 g/mol. The number of ether oxygens (including phenoxy) is 1. The monoisotopic (exact) mass is 611 g/mol. The van der Waals surface area contributed by atoms with Gasteiger partial charge in [-0.15, -0.1) is 5.10 Å². The number of aliphatic hydroxyl groups excluding tert-OH is 1. The quantitative estimate of drug-likeness (QED) is 0.180. The van der Waals surface area contributed by atoms with Crippen LogP contribution in [0.15, 0.2) is 89.9 Å². The van der Waals surface area contributed by atoms with E-state index in [1.807, 2.05) is 90.7 Å². The Balaban J connectivity index is 1.12. The minimum Gasteiger partial charge on any atom is -0.432 e. The molecule has 6 rings (SSSR count). The minimum atomic E-state index is -2.52. The van der Waals surface area contributed by atoms with Crippen LogP contribution < -0.4 is 5.56 Å². The normalized spacial score (nSPS) is 21.2. The van der Waals surface area contributed by atoms with E-state index in [-0.39, 0.29) is 41.8 Å². The standard InChI is InChI=1S/C34H41N5O4Si/c1-23-31(17-16-24-10-9-13-26(20-24)39-34(41)27-14-7-8-15-29(27)36-39)43-32(33(23)44(2,3)42)18-19-38-21-30(35-37-38)28(22-40)25-11-5-4-6-12-25/h4-15,20-21,23,28,31-33,36,40,42H,16-19,22H2,1-3H3/t23-,28?,31+,32-,33+/m0/s1. The van der Waals surface area contributed by atoms with Crippen LogP contribution in [-0.2, 0) is 17.7 Å². The lowest BCUT2D eigenvalue weighted by molar-refractivity contribution is 0.0245. The van der Waals surface area contributed by atoms with E-state index in [9.17, 15) is 14.7 Å². The summed E-state index contributed by atoms with van der Waals surface area (Å²) in [6.07, 6.45) is 4.20. The average Bonchev–Trinajstić information content (AvgIpc) is 3.71. The average molecular weight is 612 g/mol. The van der Waals surface area contributed by atoms with Crippen molar-refractivity contribution < 1.29 is 14.6 Å². The summed E-state index contributed by atoms with van der Waals surface area (Å²) in [6.45, 7) is 6.80. The molecule has 0 bridgehead atoms. The van der Waals surface area contributed by atoms with Gasteiger partial charge >= 0.3 is 0 Å². The Kier molecular flexibility index (Phi) is 8.68. The summed E-state index contributed by atoms with van der Waals surface area (Å²) in [5.74, 6) is -0.00357. The SMILES string of the molecule is C[C@@H]1[C@@H]([Si](C)(C)O)[C@H](CCn2cc(C(CO)c3ccccc3)nn2)O[C@@H]1CCc1cccc(-n2[nH]c3ccccc3c2=O)c1. The fraction of sp³-hybridized carbons (Fsp3) is 0.382. The van der Waals surface area contributed by atoms with E-state index in [2.05, 4.69) is 34.5 Å². The number of rotatable bonds is 11. The van der Waals surface area contributed by atoms with Crippen molar-refractivity contribution in [2.45, 2.75) is 69.5 Å². The van der Waals surface area contributed by atoms with Gasteiger partial charge in [-0.05, 0) is 73.7 Å². The van der Waals surface area contributed by atoms with E-state index >= 15 is 0 Å². The highest BCUT2D eigenvalue weighted by Gasteiger charge is 2.49. The first-order valence-corrected chi connectivity index (χ1v) is 18.5. The first kappa shape index (κ1) is 30.2. The molecule has 1 fully saturated rings. The summed E-state index contributed by atoms with van der Waals surface area (Å²) in [5.41, 5.74) is 4.55. The summed E-state index contributed by atoms with van der Waals surface area (Å²) in [6, 6.07) is 25.5. The summed E-state index contributed by atoms with van der Waals surface area (Å²) in [4.78, 5) is 24.3. The Morgan fingerprint density at radius 3 is 2.52 bits per heavy atom. The number of aliphatic hydroxyl groups is 1. The van der Waals surface area contributed by atoms with Crippen LogP contribution >= 0.6 is 0 Å². The van der Waals surface area contributed by atoms with E-state index in [1.54, 1.807) is 4.68 Å². The molecule has 1 aliphatic heterocycles. The van der Waals surface area contributed by atoms with Gasteiger partial charge in [-0.3, -0.25) is 14.6 Å². The third kappa shape index (κ3) is 6.21. The van der Waals surface area contributed by atoms with E-state index in [1.165, 1.54) is 0 Å². The zero-order valence-electron chi connectivity index (χ0n) is 25.5. The van der Waals surface area contributed by atoms with E-state index < -0.39 is 8.32 Å². The van der Waals surface area contributed by atoms with E-state index in [0.717, 1.165) is 47.3 Å². The second-order valence-corrected chi connectivity index (χ2v) is 16.6. The Morgan fingerprint density at radius 2 is 1.77 bits per heavy atom. The molecular formula is C34H41N5O4Si. The number of fused-ring (bicyclic) bond motifs is 1. The molecule has 1 saturated heterocycles. The molecule has 2 aromatic heterocycles. The topological polar surface area (TPSA) is 118 Å². The van der Waals surface area contributed by atoms with Gasteiger partial charge in [0, 0.05) is 18.3 Å². The fourth-order valence-electron chi connectivity index (χ4n) is 6.98. The number of benzene rings is 3. The second-order valence-electron chi connectivity index (χ2n) is 12.6.